The van der Waals surface area contributed by atoms with E-state index in [1.54, 1.807) is 19.1 Å². The second kappa shape index (κ2) is 23.5. The van der Waals surface area contributed by atoms with Gasteiger partial charge in [0.1, 0.15) is 47.7 Å². The molecule has 8 aliphatic rings. The number of aliphatic hydroxyl groups is 4. The number of fused-ring (bicyclic) bond motifs is 5. The summed E-state index contributed by atoms with van der Waals surface area (Å²) in [5.41, 5.74) is -1.40. The number of allylic oxidation sites excluding steroid dienone is 1. The van der Waals surface area contributed by atoms with Gasteiger partial charge in [-0.2, -0.15) is 0 Å². The molecule has 4 saturated carbocycles. The van der Waals surface area contributed by atoms with Crippen LogP contribution in [0.25, 0.3) is 0 Å². The number of ketones is 1. The number of methoxy groups -OCH3 is 1. The van der Waals surface area contributed by atoms with Gasteiger partial charge in [-0.3, -0.25) is 28.9 Å². The van der Waals surface area contributed by atoms with Crippen molar-refractivity contribution in [2.24, 2.45) is 52.3 Å². The molecule has 0 spiro atoms. The molecule has 78 heavy (non-hydrogen) atoms. The molecule has 1 aromatic rings. The summed E-state index contributed by atoms with van der Waals surface area (Å²) in [5.74, 6) is -2.58. The van der Waals surface area contributed by atoms with Crippen LogP contribution in [0.1, 0.15) is 135 Å². The summed E-state index contributed by atoms with van der Waals surface area (Å²) in [6.45, 7) is 11.0. The van der Waals surface area contributed by atoms with Gasteiger partial charge in [0.15, 0.2) is 24.8 Å². The molecule has 3 aliphatic heterocycles. The number of imide groups is 1. The zero-order chi connectivity index (χ0) is 56.0. The number of carbonyl (C=O) groups is 6. The van der Waals surface area contributed by atoms with Crippen LogP contribution in [0.5, 0.6) is 5.75 Å². The van der Waals surface area contributed by atoms with Gasteiger partial charge in [0.2, 0.25) is 0 Å². The monoisotopic (exact) mass is 1090 g/mol. The number of hydrogen-bond donors (Lipinski definition) is 4. The molecule has 4 N–H and O–H groups in total. The van der Waals surface area contributed by atoms with Gasteiger partial charge in [-0.1, -0.05) is 46.3 Å². The minimum atomic E-state index is -1.74. The Morgan fingerprint density at radius 3 is 2.12 bits per heavy atom. The Hall–Kier alpha value is -4.60. The maximum Gasteiger partial charge on any atom is 0.338 e. The Bertz CT molecular complexity index is 2430. The van der Waals surface area contributed by atoms with E-state index in [9.17, 15) is 49.2 Å². The van der Waals surface area contributed by atoms with Crippen molar-refractivity contribution in [3.05, 3.63) is 53.6 Å². The molecule has 0 aromatic heterocycles. The van der Waals surface area contributed by atoms with Crippen molar-refractivity contribution in [3.8, 4) is 5.75 Å². The average molecular weight is 1090 g/mol. The van der Waals surface area contributed by atoms with Gasteiger partial charge in [0.05, 0.1) is 37.9 Å². The highest BCUT2D eigenvalue weighted by Crippen LogP contribution is 2.69. The van der Waals surface area contributed by atoms with Crippen LogP contribution >= 0.6 is 0 Å². The molecule has 19 heteroatoms. The third-order valence-electron chi connectivity index (χ3n) is 19.5. The molecule has 17 atom stereocenters. The van der Waals surface area contributed by atoms with E-state index in [0.29, 0.717) is 63.7 Å². The van der Waals surface area contributed by atoms with Crippen LogP contribution in [-0.2, 0) is 57.1 Å². The van der Waals surface area contributed by atoms with Crippen LogP contribution < -0.4 is 4.74 Å². The molecule has 19 nitrogen and oxygen atoms in total. The standard InChI is InChI=1S/C59H81NO18/c1-31(2)8-19-43(62)32(3)59(70)46(76-56-52(74-33(4)61)50(45(64)30-73-56)78-55-51(49(67)44(63)29-72-55)77-54(69)36-13-16-38(71-7)17-14-36)27-42-40-18-15-37-26-39(22-24-57(37,5)41(40)23-25-58(42,59)6)75-53(68)35-11-9-34(10-12-35)28-60-47(65)20-21-48(60)66/h13-17,20-21,31-32,34-35,39-42,44-46,49-52,55-56,63-64,67,70H,8-12,18-19,22-30H2,1-7H3/t32-,34-,35-,39+,40?,41?,42?,44-,45+,46+,49+,50+,51-,52-,55+,56?,57+,58+,59-/m1/s1. The van der Waals surface area contributed by atoms with E-state index >= 15 is 0 Å². The van der Waals surface area contributed by atoms with E-state index in [1.165, 1.54) is 48.8 Å². The van der Waals surface area contributed by atoms with Crippen molar-refractivity contribution in [1.82, 2.24) is 4.90 Å². The molecule has 1 aromatic carbocycles. The zero-order valence-electron chi connectivity index (χ0n) is 46.1. The predicted molar refractivity (Wildman–Crippen MR) is 276 cm³/mol. The van der Waals surface area contributed by atoms with E-state index in [1.807, 2.05) is 13.8 Å². The van der Waals surface area contributed by atoms with Crippen LogP contribution in [0.3, 0.4) is 0 Å². The fourth-order valence-corrected chi connectivity index (χ4v) is 14.9. The summed E-state index contributed by atoms with van der Waals surface area (Å²) in [5, 5.41) is 47.1. The van der Waals surface area contributed by atoms with Crippen LogP contribution in [0, 0.1) is 52.3 Å². The maximum absolute atomic E-state index is 14.4. The maximum atomic E-state index is 14.4. The number of benzene rings is 1. The lowest BCUT2D eigenvalue weighted by Crippen LogP contribution is -2.64. The summed E-state index contributed by atoms with van der Waals surface area (Å²) < 4.78 is 48.3. The van der Waals surface area contributed by atoms with Gasteiger partial charge in [0.25, 0.3) is 11.8 Å². The Kier molecular flexibility index (Phi) is 17.5. The third-order valence-corrected chi connectivity index (χ3v) is 19.5. The first-order chi connectivity index (χ1) is 37.1. The number of nitrogens with zero attached hydrogens (tertiary/aromatic N) is 1. The van der Waals surface area contributed by atoms with Gasteiger partial charge >= 0.3 is 17.9 Å². The van der Waals surface area contributed by atoms with E-state index < -0.39 is 97.4 Å². The summed E-state index contributed by atoms with van der Waals surface area (Å²) in [6, 6.07) is 6.02. The largest absolute Gasteiger partial charge is 0.497 e. The first-order valence-corrected chi connectivity index (χ1v) is 28.3. The summed E-state index contributed by atoms with van der Waals surface area (Å²) in [7, 11) is 1.48. The molecule has 0 bridgehead atoms. The Balaban J connectivity index is 0.922. The molecular weight excluding hydrogens is 1010 g/mol. The lowest BCUT2D eigenvalue weighted by Gasteiger charge is -2.59. The fraction of sp³-hybridized carbons (Fsp3) is 0.729. The zero-order valence-corrected chi connectivity index (χ0v) is 46.1. The van der Waals surface area contributed by atoms with E-state index in [-0.39, 0.29) is 82.6 Å². The minimum absolute atomic E-state index is 0.0871. The quantitative estimate of drug-likeness (QED) is 0.0667. The number of hydrogen-bond acceptors (Lipinski definition) is 18. The Morgan fingerprint density at radius 1 is 0.795 bits per heavy atom. The van der Waals surface area contributed by atoms with Crippen molar-refractivity contribution in [3.63, 3.8) is 0 Å². The summed E-state index contributed by atoms with van der Waals surface area (Å²) in [6.07, 6.45) is -0.469. The highest BCUT2D eigenvalue weighted by atomic mass is 16.8. The van der Waals surface area contributed by atoms with Crippen LogP contribution in [-0.4, -0.2) is 155 Å². The second-order valence-electron chi connectivity index (χ2n) is 24.5. The van der Waals surface area contributed by atoms with Crippen LogP contribution in [0.2, 0.25) is 0 Å². The van der Waals surface area contributed by atoms with Gasteiger partial charge in [-0.05, 0) is 130 Å². The number of Topliss-reactive ketones (excluding diaryl/α,β-unsaturated/α-hetero) is 1. The van der Waals surface area contributed by atoms with E-state index in [0.717, 1.165) is 25.7 Å². The van der Waals surface area contributed by atoms with Crippen molar-refractivity contribution in [2.45, 2.75) is 192 Å². The van der Waals surface area contributed by atoms with Crippen molar-refractivity contribution >= 4 is 35.5 Å². The number of amides is 2. The molecule has 9 rings (SSSR count). The third kappa shape index (κ3) is 11.2. The number of rotatable bonds is 17. The predicted octanol–water partition coefficient (Wildman–Crippen LogP) is 5.31. The molecule has 6 fully saturated rings. The Labute approximate surface area is 456 Å². The number of ether oxygens (including phenoxy) is 8. The highest BCUT2D eigenvalue weighted by molar-refractivity contribution is 6.12. The highest BCUT2D eigenvalue weighted by Gasteiger charge is 2.71. The topological polar surface area (TPSA) is 260 Å². The lowest BCUT2D eigenvalue weighted by molar-refractivity contribution is -0.345. The van der Waals surface area contributed by atoms with Gasteiger partial charge < -0.3 is 58.3 Å². The van der Waals surface area contributed by atoms with E-state index in [2.05, 4.69) is 19.9 Å². The molecule has 5 aliphatic carbocycles. The van der Waals surface area contributed by atoms with Crippen molar-refractivity contribution < 1.29 is 87.1 Å². The van der Waals surface area contributed by atoms with Crippen LogP contribution in [0.4, 0.5) is 0 Å². The molecule has 0 radical (unpaired) electrons. The van der Waals surface area contributed by atoms with Gasteiger partial charge in [0, 0.05) is 49.8 Å². The normalized spacial score (nSPS) is 39.8. The molecule has 2 saturated heterocycles. The molecule has 3 heterocycles. The molecule has 2 amide bonds. The van der Waals surface area contributed by atoms with E-state index in [4.69, 9.17) is 37.9 Å². The average Bonchev–Trinajstić information content (AvgIpc) is 4.04. The lowest BCUT2D eigenvalue weighted by atomic mass is 9.46. The first kappa shape index (κ1) is 58.1. The molecular formula is C59H81NO18. The number of esters is 3. The van der Waals surface area contributed by atoms with Crippen molar-refractivity contribution in [1.29, 1.82) is 0 Å². The van der Waals surface area contributed by atoms with Gasteiger partial charge in [-0.15, -0.1) is 0 Å². The summed E-state index contributed by atoms with van der Waals surface area (Å²) in [4.78, 5) is 80.0. The molecule has 430 valence electrons. The van der Waals surface area contributed by atoms with Gasteiger partial charge in [-0.25, -0.2) is 4.79 Å². The Morgan fingerprint density at radius 2 is 1.46 bits per heavy atom. The van der Waals surface area contributed by atoms with Crippen molar-refractivity contribution in [2.75, 3.05) is 26.9 Å². The first-order valence-electron chi connectivity index (χ1n) is 28.3. The minimum Gasteiger partial charge on any atom is -0.497 e. The molecule has 4 unspecified atom stereocenters. The smallest absolute Gasteiger partial charge is 0.338 e. The second-order valence-corrected chi connectivity index (χ2v) is 24.5. The summed E-state index contributed by atoms with van der Waals surface area (Å²) >= 11 is 0. The fourth-order valence-electron chi connectivity index (χ4n) is 14.9. The van der Waals surface area contributed by atoms with Crippen LogP contribution in [0.15, 0.2) is 48.1 Å². The SMILES string of the molecule is COc1ccc(C(=O)O[C@H]2[C@H](O[C@H]3[C@@H](O)COC(O[C@H]4CC5C6CC=C7C[C@@H](OC(=O)[C@H]8CC[C@H](CN9C(=O)C=CC9=O)CC8)CC[C@]7(C)C6CC[C@]5(C)[C@@]4(O)[C@H](C)C(=O)CCC(C)C)[C@@H]3OC(C)=O)OC[C@@H](O)[C@@H]2O)cc1. The number of aliphatic hydroxyl groups excluding tert-OH is 3. The number of carbonyl (C=O) groups excluding carboxylic acids is 6.